The van der Waals surface area contributed by atoms with Gasteiger partial charge in [-0.2, -0.15) is 0 Å². The highest BCUT2D eigenvalue weighted by atomic mass is 16.5. The van der Waals surface area contributed by atoms with Crippen LogP contribution in [0.2, 0.25) is 0 Å². The van der Waals surface area contributed by atoms with E-state index in [9.17, 15) is 4.79 Å². The number of carbonyl (C=O) groups is 1. The van der Waals surface area contributed by atoms with Crippen LogP contribution in [0.3, 0.4) is 0 Å². The zero-order valence-corrected chi connectivity index (χ0v) is 14.4. The average molecular weight is 337 g/mol. The number of methoxy groups -OCH3 is 1. The van der Waals surface area contributed by atoms with Crippen molar-refractivity contribution in [1.29, 1.82) is 0 Å². The minimum absolute atomic E-state index is 0.354. The van der Waals surface area contributed by atoms with Gasteiger partial charge in [0, 0.05) is 5.69 Å². The largest absolute Gasteiger partial charge is 0.465 e. The van der Waals surface area contributed by atoms with E-state index in [0.717, 1.165) is 24.1 Å². The first-order chi connectivity index (χ1) is 12.2. The Morgan fingerprint density at radius 1 is 1.20 bits per heavy atom. The van der Waals surface area contributed by atoms with E-state index in [4.69, 9.17) is 10.5 Å². The van der Waals surface area contributed by atoms with Crippen molar-refractivity contribution in [2.75, 3.05) is 12.4 Å². The van der Waals surface area contributed by atoms with Gasteiger partial charge in [0.1, 0.15) is 0 Å². The first-order valence-corrected chi connectivity index (χ1v) is 8.52. The van der Waals surface area contributed by atoms with E-state index in [-0.39, 0.29) is 5.97 Å². The lowest BCUT2D eigenvalue weighted by atomic mass is 9.90. The van der Waals surface area contributed by atoms with Crippen LogP contribution in [-0.4, -0.2) is 19.0 Å². The van der Waals surface area contributed by atoms with Crippen molar-refractivity contribution >= 4 is 17.6 Å². The van der Waals surface area contributed by atoms with Crippen LogP contribution in [0.1, 0.15) is 39.9 Å². The fourth-order valence-electron chi connectivity index (χ4n) is 3.17. The van der Waals surface area contributed by atoms with Crippen LogP contribution in [-0.2, 0) is 24.1 Å². The Labute approximate surface area is 147 Å². The van der Waals surface area contributed by atoms with Gasteiger partial charge in [-0.1, -0.05) is 24.3 Å². The summed E-state index contributed by atoms with van der Waals surface area (Å²) in [4.78, 5) is 16.0. The maximum atomic E-state index is 11.6. The fraction of sp³-hybridized carbons (Fsp3) is 0.300. The normalized spacial score (nSPS) is 13.9. The number of fused-ring (bicyclic) bond motifs is 1. The highest BCUT2D eigenvalue weighted by Crippen LogP contribution is 2.27. The Balaban J connectivity index is 1.70. The van der Waals surface area contributed by atoms with Gasteiger partial charge in [0.25, 0.3) is 0 Å². The number of hydrogen-bond donors (Lipinski definition) is 2. The van der Waals surface area contributed by atoms with Crippen LogP contribution >= 0.6 is 0 Å². The zero-order valence-electron chi connectivity index (χ0n) is 14.4. The molecule has 2 aromatic rings. The number of aliphatic imine (C=N–C) groups is 1. The molecule has 130 valence electrons. The number of nitrogens with one attached hydrogen (secondary N) is 1. The number of benzene rings is 2. The zero-order chi connectivity index (χ0) is 17.6. The van der Waals surface area contributed by atoms with Crippen LogP contribution in [0, 0.1) is 0 Å². The molecule has 2 aromatic carbocycles. The van der Waals surface area contributed by atoms with Crippen LogP contribution < -0.4 is 11.1 Å². The third-order valence-electron chi connectivity index (χ3n) is 4.44. The van der Waals surface area contributed by atoms with Gasteiger partial charge in [-0.15, -0.1) is 0 Å². The van der Waals surface area contributed by atoms with Gasteiger partial charge in [-0.25, -0.2) is 9.79 Å². The van der Waals surface area contributed by atoms with Crippen molar-refractivity contribution in [2.45, 2.75) is 32.2 Å². The Kier molecular flexibility index (Phi) is 5.33. The van der Waals surface area contributed by atoms with Crippen LogP contribution in [0.5, 0.6) is 0 Å². The monoisotopic (exact) mass is 337 g/mol. The van der Waals surface area contributed by atoms with E-state index in [1.54, 1.807) is 12.1 Å². The Morgan fingerprint density at radius 2 is 2.00 bits per heavy atom. The highest BCUT2D eigenvalue weighted by Gasteiger charge is 2.13. The first kappa shape index (κ1) is 17.0. The lowest BCUT2D eigenvalue weighted by Crippen LogP contribution is -2.24. The van der Waals surface area contributed by atoms with Gasteiger partial charge in [0.2, 0.25) is 0 Å². The molecule has 0 unspecified atom stereocenters. The Morgan fingerprint density at radius 3 is 2.84 bits per heavy atom. The summed E-state index contributed by atoms with van der Waals surface area (Å²) < 4.78 is 4.74. The van der Waals surface area contributed by atoms with Crippen molar-refractivity contribution in [3.63, 3.8) is 0 Å². The summed E-state index contributed by atoms with van der Waals surface area (Å²) in [5.41, 5.74) is 11.3. The van der Waals surface area contributed by atoms with Gasteiger partial charge in [-0.05, 0) is 60.6 Å². The minimum atomic E-state index is -0.354. The van der Waals surface area contributed by atoms with Crippen LogP contribution in [0.15, 0.2) is 47.5 Å². The molecule has 5 nitrogen and oxygen atoms in total. The molecule has 0 spiro atoms. The first-order valence-electron chi connectivity index (χ1n) is 8.52. The smallest absolute Gasteiger partial charge is 0.337 e. The number of rotatable bonds is 4. The van der Waals surface area contributed by atoms with Crippen molar-refractivity contribution in [1.82, 2.24) is 0 Å². The quantitative estimate of drug-likeness (QED) is 0.510. The molecule has 0 radical (unpaired) electrons. The van der Waals surface area contributed by atoms with Crippen molar-refractivity contribution in [2.24, 2.45) is 10.7 Å². The highest BCUT2D eigenvalue weighted by molar-refractivity contribution is 5.93. The number of ether oxygens (including phenoxy) is 1. The number of carbonyl (C=O) groups excluding carboxylic acids is 1. The molecule has 25 heavy (non-hydrogen) atoms. The van der Waals surface area contributed by atoms with Gasteiger partial charge in [0.15, 0.2) is 5.96 Å². The molecule has 1 aliphatic rings. The molecule has 0 atom stereocenters. The number of esters is 1. The molecule has 0 aliphatic heterocycles. The fourth-order valence-corrected chi connectivity index (χ4v) is 3.17. The van der Waals surface area contributed by atoms with Crippen LogP contribution in [0.25, 0.3) is 0 Å². The van der Waals surface area contributed by atoms with E-state index in [1.807, 2.05) is 18.2 Å². The molecule has 0 aromatic heterocycles. The third-order valence-corrected chi connectivity index (χ3v) is 4.44. The predicted molar refractivity (Wildman–Crippen MR) is 99.8 cm³/mol. The summed E-state index contributed by atoms with van der Waals surface area (Å²) >= 11 is 0. The molecular formula is C20H23N3O2. The maximum Gasteiger partial charge on any atom is 0.337 e. The summed E-state index contributed by atoms with van der Waals surface area (Å²) in [6, 6.07) is 13.5. The van der Waals surface area contributed by atoms with E-state index < -0.39 is 0 Å². The third kappa shape index (κ3) is 4.18. The van der Waals surface area contributed by atoms with E-state index >= 15 is 0 Å². The second-order valence-corrected chi connectivity index (χ2v) is 6.17. The number of aryl methyl sites for hydroxylation is 1. The molecule has 3 N–H and O–H groups in total. The molecule has 0 heterocycles. The number of guanidine groups is 1. The SMILES string of the molecule is COC(=O)c1cccc(CN=C(N)Nc2cccc3c2CCCC3)c1. The topological polar surface area (TPSA) is 76.7 Å². The maximum absolute atomic E-state index is 11.6. The molecule has 0 bridgehead atoms. The second kappa shape index (κ2) is 7.83. The van der Waals surface area contributed by atoms with Gasteiger partial charge in [-0.3, -0.25) is 0 Å². The minimum Gasteiger partial charge on any atom is -0.465 e. The molecule has 0 saturated carbocycles. The molecule has 0 amide bonds. The summed E-state index contributed by atoms with van der Waals surface area (Å²) in [7, 11) is 1.37. The van der Waals surface area contributed by atoms with Gasteiger partial charge < -0.3 is 15.8 Å². The summed E-state index contributed by atoms with van der Waals surface area (Å²) in [6.07, 6.45) is 4.66. The van der Waals surface area contributed by atoms with E-state index in [1.165, 1.54) is 31.1 Å². The number of nitrogens with zero attached hydrogens (tertiary/aromatic N) is 1. The molecule has 0 fully saturated rings. The molecular weight excluding hydrogens is 314 g/mol. The predicted octanol–water partition coefficient (Wildman–Crippen LogP) is 3.28. The lowest BCUT2D eigenvalue weighted by Gasteiger charge is -2.19. The van der Waals surface area contributed by atoms with Crippen LogP contribution in [0.4, 0.5) is 5.69 Å². The van der Waals surface area contributed by atoms with Crippen molar-refractivity contribution < 1.29 is 9.53 Å². The summed E-state index contributed by atoms with van der Waals surface area (Å²) in [5.74, 6) is 0.0234. The van der Waals surface area contributed by atoms with Crippen molar-refractivity contribution in [3.05, 3.63) is 64.7 Å². The van der Waals surface area contributed by atoms with Gasteiger partial charge in [0.05, 0.1) is 19.2 Å². The lowest BCUT2D eigenvalue weighted by molar-refractivity contribution is 0.0600. The number of hydrogen-bond acceptors (Lipinski definition) is 3. The molecule has 0 saturated heterocycles. The molecule has 3 rings (SSSR count). The number of nitrogens with two attached hydrogens (primary N) is 1. The van der Waals surface area contributed by atoms with E-state index in [2.05, 4.69) is 22.4 Å². The summed E-state index contributed by atoms with van der Waals surface area (Å²) in [5, 5.41) is 3.22. The van der Waals surface area contributed by atoms with Gasteiger partial charge >= 0.3 is 5.97 Å². The molecule has 1 aliphatic carbocycles. The Hall–Kier alpha value is -2.82. The summed E-state index contributed by atoms with van der Waals surface area (Å²) in [6.45, 7) is 0.401. The van der Waals surface area contributed by atoms with E-state index in [0.29, 0.717) is 18.1 Å². The standard InChI is InChI=1S/C20H23N3O2/c1-25-19(24)16-9-4-6-14(12-16)13-22-20(21)23-18-11-5-8-15-7-2-3-10-17(15)18/h4-6,8-9,11-12H,2-3,7,10,13H2,1H3,(H3,21,22,23). The average Bonchev–Trinajstić information content (AvgIpc) is 2.66. The molecule has 5 heteroatoms. The number of anilines is 1. The van der Waals surface area contributed by atoms with Crippen molar-refractivity contribution in [3.8, 4) is 0 Å². The second-order valence-electron chi connectivity index (χ2n) is 6.17. The Bertz CT molecular complexity index is 799.